The highest BCUT2D eigenvalue weighted by Crippen LogP contribution is 2.30. The van der Waals surface area contributed by atoms with Crippen LogP contribution in [0, 0.1) is 0 Å². The molecule has 0 aliphatic carbocycles. The van der Waals surface area contributed by atoms with E-state index in [0.717, 1.165) is 0 Å². The molecule has 1 N–H and O–H groups in total. The second kappa shape index (κ2) is 6.19. The highest BCUT2D eigenvalue weighted by Gasteiger charge is 2.17. The maximum absolute atomic E-state index is 12.3. The summed E-state index contributed by atoms with van der Waals surface area (Å²) in [5, 5.41) is 0.0968. The smallest absolute Gasteiger partial charge is 0.262 e. The summed E-state index contributed by atoms with van der Waals surface area (Å²) in [6.45, 7) is 0. The second-order valence-electron chi connectivity index (χ2n) is 3.99. The third-order valence-electron chi connectivity index (χ3n) is 2.66. The Morgan fingerprint density at radius 3 is 2.52 bits per heavy atom. The minimum Gasteiger partial charge on any atom is -0.497 e. The summed E-state index contributed by atoms with van der Waals surface area (Å²) in [6.07, 6.45) is 1.32. The van der Waals surface area contributed by atoms with Gasteiger partial charge in [0.15, 0.2) is 0 Å². The second-order valence-corrected chi connectivity index (χ2v) is 6.06. The Hall–Kier alpha value is -1.99. The van der Waals surface area contributed by atoms with Crippen LogP contribution in [0.5, 0.6) is 11.5 Å². The van der Waals surface area contributed by atoms with E-state index in [1.165, 1.54) is 32.5 Å². The number of nitrogens with one attached hydrogen (secondary N) is 1. The van der Waals surface area contributed by atoms with Crippen molar-refractivity contribution in [2.75, 3.05) is 18.9 Å². The van der Waals surface area contributed by atoms with Gasteiger partial charge >= 0.3 is 0 Å². The van der Waals surface area contributed by atoms with Crippen LogP contribution in [-0.4, -0.2) is 27.6 Å². The molecule has 0 aliphatic heterocycles. The van der Waals surface area contributed by atoms with Crippen LogP contribution in [0.3, 0.4) is 0 Å². The molecular formula is C13H13ClN2O4S. The largest absolute Gasteiger partial charge is 0.497 e. The molecule has 6 nitrogen and oxygen atoms in total. The number of aromatic nitrogens is 1. The van der Waals surface area contributed by atoms with Crippen molar-refractivity contribution >= 4 is 27.3 Å². The molecule has 2 rings (SSSR count). The van der Waals surface area contributed by atoms with Crippen LogP contribution in [0.4, 0.5) is 5.69 Å². The molecule has 1 heterocycles. The van der Waals surface area contributed by atoms with Crippen molar-refractivity contribution < 1.29 is 17.9 Å². The van der Waals surface area contributed by atoms with Gasteiger partial charge in [0.1, 0.15) is 16.7 Å². The number of pyridine rings is 1. The summed E-state index contributed by atoms with van der Waals surface area (Å²) in [5.74, 6) is 0.903. The highest BCUT2D eigenvalue weighted by molar-refractivity contribution is 7.92. The number of hydrogen-bond donors (Lipinski definition) is 1. The van der Waals surface area contributed by atoms with Gasteiger partial charge < -0.3 is 9.47 Å². The lowest BCUT2D eigenvalue weighted by atomic mass is 10.3. The van der Waals surface area contributed by atoms with Crippen LogP contribution < -0.4 is 14.2 Å². The van der Waals surface area contributed by atoms with Gasteiger partial charge in [0, 0.05) is 12.3 Å². The fraction of sp³-hybridized carbons (Fsp3) is 0.154. The maximum Gasteiger partial charge on any atom is 0.262 e. The Morgan fingerprint density at radius 2 is 1.90 bits per heavy atom. The molecule has 0 amide bonds. The van der Waals surface area contributed by atoms with Gasteiger partial charge in [0.25, 0.3) is 10.0 Å². The minimum atomic E-state index is -3.78. The number of halogens is 1. The molecule has 0 fully saturated rings. The van der Waals surface area contributed by atoms with Gasteiger partial charge in [-0.1, -0.05) is 11.6 Å². The van der Waals surface area contributed by atoms with Crippen LogP contribution in [0.15, 0.2) is 41.4 Å². The topological polar surface area (TPSA) is 77.5 Å². The molecule has 0 saturated heterocycles. The molecule has 1 aromatic heterocycles. The Balaban J connectivity index is 2.37. The van der Waals surface area contributed by atoms with Crippen molar-refractivity contribution in [2.24, 2.45) is 0 Å². The Kier molecular flexibility index (Phi) is 4.54. The third-order valence-corrected chi connectivity index (χ3v) is 4.23. The maximum atomic E-state index is 12.3. The van der Waals surface area contributed by atoms with Crippen molar-refractivity contribution in [3.8, 4) is 11.5 Å². The molecule has 0 unspecified atom stereocenters. The van der Waals surface area contributed by atoms with E-state index in [9.17, 15) is 8.42 Å². The molecule has 2 aromatic rings. The molecule has 112 valence electrons. The van der Waals surface area contributed by atoms with Gasteiger partial charge in [-0.25, -0.2) is 13.4 Å². The van der Waals surface area contributed by atoms with Crippen molar-refractivity contribution in [3.05, 3.63) is 41.7 Å². The zero-order chi connectivity index (χ0) is 15.5. The highest BCUT2D eigenvalue weighted by atomic mass is 35.5. The summed E-state index contributed by atoms with van der Waals surface area (Å²) in [5.41, 5.74) is 0.297. The van der Waals surface area contributed by atoms with E-state index in [1.807, 2.05) is 0 Å². The van der Waals surface area contributed by atoms with E-state index in [-0.39, 0.29) is 10.0 Å². The first-order valence-corrected chi connectivity index (χ1v) is 7.69. The van der Waals surface area contributed by atoms with Crippen LogP contribution in [-0.2, 0) is 10.0 Å². The Morgan fingerprint density at radius 1 is 1.14 bits per heavy atom. The van der Waals surface area contributed by atoms with E-state index in [0.29, 0.717) is 17.2 Å². The molecule has 0 saturated carbocycles. The van der Waals surface area contributed by atoms with Crippen molar-refractivity contribution in [3.63, 3.8) is 0 Å². The summed E-state index contributed by atoms with van der Waals surface area (Å²) < 4.78 is 37.2. The van der Waals surface area contributed by atoms with Gasteiger partial charge in [-0.3, -0.25) is 4.72 Å². The number of rotatable bonds is 5. The van der Waals surface area contributed by atoms with Crippen LogP contribution in [0.1, 0.15) is 0 Å². The van der Waals surface area contributed by atoms with Gasteiger partial charge in [-0.15, -0.1) is 0 Å². The normalized spacial score (nSPS) is 11.0. The molecule has 21 heavy (non-hydrogen) atoms. The summed E-state index contributed by atoms with van der Waals surface area (Å²) in [4.78, 5) is 3.76. The Labute approximate surface area is 127 Å². The fourth-order valence-electron chi connectivity index (χ4n) is 1.64. The number of benzene rings is 1. The molecule has 0 radical (unpaired) electrons. The van der Waals surface area contributed by atoms with E-state index in [4.69, 9.17) is 21.1 Å². The average molecular weight is 329 g/mol. The lowest BCUT2D eigenvalue weighted by molar-refractivity contribution is 0.395. The van der Waals surface area contributed by atoms with Crippen molar-refractivity contribution in [1.82, 2.24) is 4.98 Å². The number of nitrogens with zero attached hydrogens (tertiary/aromatic N) is 1. The van der Waals surface area contributed by atoms with Gasteiger partial charge in [-0.2, -0.15) is 0 Å². The molecular weight excluding hydrogens is 316 g/mol. The zero-order valence-corrected chi connectivity index (χ0v) is 12.9. The molecule has 0 bridgehead atoms. The van der Waals surface area contributed by atoms with E-state index in [1.54, 1.807) is 18.2 Å². The first kappa shape index (κ1) is 15.4. The first-order chi connectivity index (χ1) is 9.96. The predicted molar refractivity (Wildman–Crippen MR) is 79.6 cm³/mol. The summed E-state index contributed by atoms with van der Waals surface area (Å²) in [7, 11) is -0.831. The number of methoxy groups -OCH3 is 2. The van der Waals surface area contributed by atoms with Gasteiger partial charge in [0.2, 0.25) is 0 Å². The van der Waals surface area contributed by atoms with Crippen LogP contribution in [0.25, 0.3) is 0 Å². The molecule has 8 heteroatoms. The SMILES string of the molecule is COc1ccc(NS(=O)(=O)c2ccnc(Cl)c2)c(OC)c1. The van der Waals surface area contributed by atoms with E-state index < -0.39 is 10.0 Å². The lowest BCUT2D eigenvalue weighted by Gasteiger charge is -2.13. The molecule has 1 aromatic carbocycles. The number of ether oxygens (including phenoxy) is 2. The van der Waals surface area contributed by atoms with Crippen molar-refractivity contribution in [2.45, 2.75) is 4.90 Å². The standard InChI is InChI=1S/C13H13ClN2O4S/c1-19-9-3-4-11(12(7-9)20-2)16-21(17,18)10-5-6-15-13(14)8-10/h3-8,16H,1-2H3. The first-order valence-electron chi connectivity index (χ1n) is 5.82. The van der Waals surface area contributed by atoms with Crippen molar-refractivity contribution in [1.29, 1.82) is 0 Å². The number of sulfonamides is 1. The van der Waals surface area contributed by atoms with Crippen LogP contribution >= 0.6 is 11.6 Å². The summed E-state index contributed by atoms with van der Waals surface area (Å²) in [6, 6.07) is 7.37. The minimum absolute atomic E-state index is 0.0142. The van der Waals surface area contributed by atoms with Gasteiger partial charge in [0.05, 0.1) is 24.8 Å². The Bertz CT molecular complexity index is 750. The van der Waals surface area contributed by atoms with E-state index >= 15 is 0 Å². The van der Waals surface area contributed by atoms with E-state index in [2.05, 4.69) is 9.71 Å². The fourth-order valence-corrected chi connectivity index (χ4v) is 2.96. The number of hydrogen-bond acceptors (Lipinski definition) is 5. The van der Waals surface area contributed by atoms with Crippen LogP contribution in [0.2, 0.25) is 5.15 Å². The summed E-state index contributed by atoms with van der Waals surface area (Å²) >= 11 is 5.71. The third kappa shape index (κ3) is 3.56. The lowest BCUT2D eigenvalue weighted by Crippen LogP contribution is -2.13. The zero-order valence-electron chi connectivity index (χ0n) is 11.3. The monoisotopic (exact) mass is 328 g/mol. The predicted octanol–water partition coefficient (Wildman–Crippen LogP) is 2.55. The quantitative estimate of drug-likeness (QED) is 0.853. The molecule has 0 aliphatic rings. The number of anilines is 1. The molecule has 0 spiro atoms. The van der Waals surface area contributed by atoms with Gasteiger partial charge in [-0.05, 0) is 24.3 Å². The molecule has 0 atom stereocenters. The average Bonchev–Trinajstić information content (AvgIpc) is 2.47.